The molecule has 1 saturated carbocycles. The number of hydrogen-bond acceptors (Lipinski definition) is 2. The molecule has 0 aliphatic heterocycles. The van der Waals surface area contributed by atoms with Gasteiger partial charge in [-0.05, 0) is 50.3 Å². The van der Waals surface area contributed by atoms with Gasteiger partial charge in [0.1, 0.15) is 5.78 Å². The fourth-order valence-corrected chi connectivity index (χ4v) is 2.87. The van der Waals surface area contributed by atoms with Gasteiger partial charge in [-0.15, -0.1) is 0 Å². The topological polar surface area (TPSA) is 37.3 Å². The van der Waals surface area contributed by atoms with Crippen molar-refractivity contribution in [3.05, 3.63) is 52.6 Å². The molecule has 21 heavy (non-hydrogen) atoms. The number of aliphatic hydroxyl groups is 1. The average Bonchev–Trinajstić information content (AvgIpc) is 2.46. The number of carbonyl (C=O) groups excluding carboxylic acids is 1. The summed E-state index contributed by atoms with van der Waals surface area (Å²) in [7, 11) is 0. The van der Waals surface area contributed by atoms with Gasteiger partial charge in [-0.3, -0.25) is 4.79 Å². The van der Waals surface area contributed by atoms with Crippen LogP contribution in [-0.4, -0.2) is 16.5 Å². The van der Waals surface area contributed by atoms with Gasteiger partial charge in [-0.2, -0.15) is 0 Å². The molecule has 1 aromatic rings. The maximum Gasteiger partial charge on any atom is 0.133 e. The van der Waals surface area contributed by atoms with Crippen LogP contribution in [-0.2, 0) is 4.79 Å². The average molecular weight is 284 g/mol. The highest BCUT2D eigenvalue weighted by atomic mass is 16.3. The maximum absolute atomic E-state index is 11.4. The Balaban J connectivity index is 2.21. The van der Waals surface area contributed by atoms with Crippen molar-refractivity contribution in [3.63, 3.8) is 0 Å². The second kappa shape index (κ2) is 6.40. The molecular formula is C19H24O2. The Labute approximate surface area is 127 Å². The molecule has 2 nitrogen and oxygen atoms in total. The molecule has 1 aliphatic carbocycles. The molecule has 2 rings (SSSR count). The van der Waals surface area contributed by atoms with E-state index in [1.165, 1.54) is 16.7 Å². The van der Waals surface area contributed by atoms with Gasteiger partial charge < -0.3 is 5.11 Å². The standard InChI is InChI=1S/C19H24O2/c1-4-17(19(21)11-9-18(20)10-12-19)8-7-16-13-14(2)5-6-15(16)3/h4-8,13,21H,9-12H2,1-3H3/b8-7-,17-4-. The highest BCUT2D eigenvalue weighted by Gasteiger charge is 2.34. The SMILES string of the molecule is C/C=C(/C=C\c1cc(C)ccc1C)C1(O)CCC(=O)CC1. The van der Waals surface area contributed by atoms with Crippen molar-refractivity contribution in [2.75, 3.05) is 0 Å². The number of allylic oxidation sites excluding steroid dienone is 1. The summed E-state index contributed by atoms with van der Waals surface area (Å²) in [5, 5.41) is 10.8. The van der Waals surface area contributed by atoms with Crippen LogP contribution in [0, 0.1) is 13.8 Å². The summed E-state index contributed by atoms with van der Waals surface area (Å²) in [6.45, 7) is 6.10. The monoisotopic (exact) mass is 284 g/mol. The summed E-state index contributed by atoms with van der Waals surface area (Å²) >= 11 is 0. The first-order chi connectivity index (χ1) is 9.94. The van der Waals surface area contributed by atoms with E-state index < -0.39 is 5.60 Å². The highest BCUT2D eigenvalue weighted by Crippen LogP contribution is 2.34. The third-order valence-corrected chi connectivity index (χ3v) is 4.36. The summed E-state index contributed by atoms with van der Waals surface area (Å²) in [6, 6.07) is 6.36. The van der Waals surface area contributed by atoms with Crippen molar-refractivity contribution >= 4 is 11.9 Å². The van der Waals surface area contributed by atoms with Crippen molar-refractivity contribution in [2.45, 2.75) is 52.1 Å². The number of rotatable bonds is 3. The molecule has 1 N–H and O–H groups in total. The van der Waals surface area contributed by atoms with Crippen LogP contribution in [0.5, 0.6) is 0 Å². The molecule has 112 valence electrons. The Bertz CT molecular complexity index is 584. The van der Waals surface area contributed by atoms with Gasteiger partial charge in [0, 0.05) is 12.8 Å². The summed E-state index contributed by atoms with van der Waals surface area (Å²) in [5.41, 5.74) is 3.68. The van der Waals surface area contributed by atoms with Crippen molar-refractivity contribution < 1.29 is 9.90 Å². The molecule has 0 saturated heterocycles. The zero-order valence-corrected chi connectivity index (χ0v) is 13.1. The van der Waals surface area contributed by atoms with Crippen molar-refractivity contribution in [3.8, 4) is 0 Å². The zero-order chi connectivity index (χ0) is 15.5. The van der Waals surface area contributed by atoms with Gasteiger partial charge in [0.15, 0.2) is 0 Å². The van der Waals surface area contributed by atoms with E-state index in [0.29, 0.717) is 25.7 Å². The van der Waals surface area contributed by atoms with Crippen LogP contribution in [0.15, 0.2) is 35.9 Å². The lowest BCUT2D eigenvalue weighted by Gasteiger charge is -2.32. The van der Waals surface area contributed by atoms with Gasteiger partial charge in [0.2, 0.25) is 0 Å². The molecule has 1 aliphatic rings. The van der Waals surface area contributed by atoms with Crippen molar-refractivity contribution in [1.29, 1.82) is 0 Å². The molecule has 0 amide bonds. The largest absolute Gasteiger partial charge is 0.385 e. The van der Waals surface area contributed by atoms with Crippen LogP contribution >= 0.6 is 0 Å². The first-order valence-corrected chi connectivity index (χ1v) is 7.61. The van der Waals surface area contributed by atoms with Crippen molar-refractivity contribution in [1.82, 2.24) is 0 Å². The quantitative estimate of drug-likeness (QED) is 0.847. The molecule has 0 unspecified atom stereocenters. The minimum absolute atomic E-state index is 0.258. The summed E-state index contributed by atoms with van der Waals surface area (Å²) in [5.74, 6) is 0.258. The third-order valence-electron chi connectivity index (χ3n) is 4.36. The molecule has 0 aromatic heterocycles. The Morgan fingerprint density at radius 3 is 2.52 bits per heavy atom. The number of ketones is 1. The van der Waals surface area contributed by atoms with Gasteiger partial charge >= 0.3 is 0 Å². The number of hydrogen-bond donors (Lipinski definition) is 1. The Hall–Kier alpha value is -1.67. The molecule has 0 radical (unpaired) electrons. The Morgan fingerprint density at radius 2 is 1.90 bits per heavy atom. The van der Waals surface area contributed by atoms with Crippen LogP contribution in [0.3, 0.4) is 0 Å². The predicted molar refractivity (Wildman–Crippen MR) is 87.1 cm³/mol. The van der Waals surface area contributed by atoms with Gasteiger partial charge in [-0.1, -0.05) is 42.0 Å². The van der Waals surface area contributed by atoms with E-state index in [2.05, 4.69) is 38.1 Å². The second-order valence-electron chi connectivity index (χ2n) is 6.01. The van der Waals surface area contributed by atoms with Crippen molar-refractivity contribution in [2.24, 2.45) is 0 Å². The molecule has 1 aromatic carbocycles. The third kappa shape index (κ3) is 3.70. The van der Waals surface area contributed by atoms with Crippen LogP contribution in [0.4, 0.5) is 0 Å². The van der Waals surface area contributed by atoms with Crippen LogP contribution in [0.2, 0.25) is 0 Å². The van der Waals surface area contributed by atoms with E-state index in [9.17, 15) is 9.90 Å². The van der Waals surface area contributed by atoms with Crippen LogP contribution in [0.1, 0.15) is 49.3 Å². The molecule has 0 atom stereocenters. The highest BCUT2D eigenvalue weighted by molar-refractivity contribution is 5.79. The fraction of sp³-hybridized carbons (Fsp3) is 0.421. The van der Waals surface area contributed by atoms with E-state index in [0.717, 1.165) is 5.57 Å². The summed E-state index contributed by atoms with van der Waals surface area (Å²) in [4.78, 5) is 11.4. The summed E-state index contributed by atoms with van der Waals surface area (Å²) < 4.78 is 0. The minimum Gasteiger partial charge on any atom is -0.385 e. The second-order valence-corrected chi connectivity index (χ2v) is 6.01. The zero-order valence-electron chi connectivity index (χ0n) is 13.1. The lowest BCUT2D eigenvalue weighted by Crippen LogP contribution is -2.35. The molecule has 2 heteroatoms. The molecule has 1 fully saturated rings. The number of benzene rings is 1. The minimum atomic E-state index is -0.850. The van der Waals surface area contributed by atoms with Gasteiger partial charge in [-0.25, -0.2) is 0 Å². The number of aryl methyl sites for hydroxylation is 2. The fourth-order valence-electron chi connectivity index (χ4n) is 2.87. The Morgan fingerprint density at radius 1 is 1.24 bits per heavy atom. The Kier molecular flexibility index (Phi) is 4.79. The lowest BCUT2D eigenvalue weighted by atomic mass is 9.78. The van der Waals surface area contributed by atoms with Gasteiger partial charge in [0.25, 0.3) is 0 Å². The van der Waals surface area contributed by atoms with E-state index in [1.807, 2.05) is 19.1 Å². The van der Waals surface area contributed by atoms with E-state index in [4.69, 9.17) is 0 Å². The summed E-state index contributed by atoms with van der Waals surface area (Å²) in [6.07, 6.45) is 8.03. The maximum atomic E-state index is 11.4. The smallest absolute Gasteiger partial charge is 0.133 e. The van der Waals surface area contributed by atoms with E-state index in [-0.39, 0.29) is 5.78 Å². The molecule has 0 bridgehead atoms. The molecule has 0 spiro atoms. The predicted octanol–water partition coefficient (Wildman–Crippen LogP) is 4.14. The number of Topliss-reactive ketones (excluding diaryl/α,β-unsaturated/α-hetero) is 1. The first kappa shape index (κ1) is 15.7. The molecular weight excluding hydrogens is 260 g/mol. The van der Waals surface area contributed by atoms with Crippen LogP contribution in [0.25, 0.3) is 6.08 Å². The normalized spacial score (nSPS) is 19.2. The van der Waals surface area contributed by atoms with E-state index >= 15 is 0 Å². The number of carbonyl (C=O) groups is 1. The molecule has 0 heterocycles. The van der Waals surface area contributed by atoms with E-state index in [1.54, 1.807) is 0 Å². The van der Waals surface area contributed by atoms with Crippen LogP contribution < -0.4 is 0 Å². The lowest BCUT2D eigenvalue weighted by molar-refractivity contribution is -0.123. The van der Waals surface area contributed by atoms with Gasteiger partial charge in [0.05, 0.1) is 5.60 Å². The first-order valence-electron chi connectivity index (χ1n) is 7.61.